The zero-order chi connectivity index (χ0) is 17.1. The fourth-order valence-electron chi connectivity index (χ4n) is 3.34. The van der Waals surface area contributed by atoms with Crippen molar-refractivity contribution in [3.8, 4) is 0 Å². The molecule has 130 valence electrons. The van der Waals surface area contributed by atoms with Crippen LogP contribution in [0.2, 0.25) is 0 Å². The van der Waals surface area contributed by atoms with Crippen LogP contribution in [-0.4, -0.2) is 39.7 Å². The minimum Gasteiger partial charge on any atom is -0.375 e. The molecule has 0 spiro atoms. The van der Waals surface area contributed by atoms with Crippen LogP contribution in [0.1, 0.15) is 34.4 Å². The summed E-state index contributed by atoms with van der Waals surface area (Å²) in [4.78, 5) is 10.1. The smallest absolute Gasteiger partial charge is 0.160 e. The Morgan fingerprint density at radius 2 is 2.20 bits per heavy atom. The third-order valence-corrected chi connectivity index (χ3v) is 4.57. The molecule has 25 heavy (non-hydrogen) atoms. The van der Waals surface area contributed by atoms with Crippen molar-refractivity contribution in [1.82, 2.24) is 20.0 Å². The van der Waals surface area contributed by atoms with Crippen molar-refractivity contribution in [3.05, 3.63) is 71.1 Å². The minimum atomic E-state index is -0.00322. The monoisotopic (exact) mass is 338 g/mol. The van der Waals surface area contributed by atoms with Gasteiger partial charge in [0.05, 0.1) is 30.9 Å². The topological polar surface area (TPSA) is 67.2 Å². The summed E-state index contributed by atoms with van der Waals surface area (Å²) in [5.41, 5.74) is 4.29. The second kappa shape index (κ2) is 7.21. The molecule has 0 radical (unpaired) electrons. The van der Waals surface area contributed by atoms with Crippen LogP contribution in [-0.2, 0) is 17.8 Å². The van der Waals surface area contributed by atoms with Gasteiger partial charge in [-0.05, 0) is 12.5 Å². The first-order chi connectivity index (χ1) is 12.3. The molecule has 1 N–H and O–H groups in total. The number of hydrogen-bond acceptors (Lipinski definition) is 5. The zero-order valence-electron chi connectivity index (χ0n) is 14.3. The van der Waals surface area contributed by atoms with E-state index in [2.05, 4.69) is 32.2 Å². The lowest BCUT2D eigenvalue weighted by molar-refractivity contribution is 0.0746. The summed E-state index contributed by atoms with van der Waals surface area (Å²) < 4.78 is 11.4. The molecule has 1 aliphatic heterocycles. The SMILES string of the molecule is Cc1cc([C@@H]2c3nc[nH]c3CCN2CCOCc2ccccc2)on1. The normalized spacial score (nSPS) is 17.6. The highest BCUT2D eigenvalue weighted by molar-refractivity contribution is 5.27. The van der Waals surface area contributed by atoms with Crippen LogP contribution in [0.5, 0.6) is 0 Å². The number of hydrogen-bond donors (Lipinski definition) is 1. The molecule has 2 aromatic heterocycles. The number of aromatic amines is 1. The first-order valence-electron chi connectivity index (χ1n) is 8.62. The van der Waals surface area contributed by atoms with E-state index >= 15 is 0 Å². The Morgan fingerprint density at radius 3 is 3.00 bits per heavy atom. The molecule has 0 amide bonds. The van der Waals surface area contributed by atoms with Gasteiger partial charge in [-0.15, -0.1) is 0 Å². The summed E-state index contributed by atoms with van der Waals surface area (Å²) in [5, 5.41) is 4.05. The molecule has 6 heteroatoms. The van der Waals surface area contributed by atoms with Gasteiger partial charge in [-0.25, -0.2) is 4.98 Å². The van der Waals surface area contributed by atoms with E-state index in [1.54, 1.807) is 6.33 Å². The molecule has 1 atom stereocenters. The van der Waals surface area contributed by atoms with Crippen LogP contribution >= 0.6 is 0 Å². The second-order valence-corrected chi connectivity index (χ2v) is 6.36. The molecular formula is C19H22N4O2. The number of aryl methyl sites for hydroxylation is 1. The number of imidazole rings is 1. The Bertz CT molecular complexity index is 812. The maximum atomic E-state index is 5.87. The first kappa shape index (κ1) is 16.1. The molecule has 0 saturated carbocycles. The van der Waals surface area contributed by atoms with E-state index < -0.39 is 0 Å². The van der Waals surface area contributed by atoms with Crippen molar-refractivity contribution >= 4 is 0 Å². The highest BCUT2D eigenvalue weighted by Crippen LogP contribution is 2.33. The Balaban J connectivity index is 1.43. The number of aromatic nitrogens is 3. The molecule has 0 saturated heterocycles. The summed E-state index contributed by atoms with van der Waals surface area (Å²) >= 11 is 0. The maximum absolute atomic E-state index is 5.87. The van der Waals surface area contributed by atoms with Crippen LogP contribution < -0.4 is 0 Å². The van der Waals surface area contributed by atoms with Gasteiger partial charge in [-0.3, -0.25) is 4.90 Å². The van der Waals surface area contributed by atoms with Gasteiger partial charge in [0, 0.05) is 31.3 Å². The van der Waals surface area contributed by atoms with Crippen LogP contribution in [0.15, 0.2) is 47.2 Å². The van der Waals surface area contributed by atoms with Crippen LogP contribution in [0.25, 0.3) is 0 Å². The predicted octanol–water partition coefficient (Wildman–Crippen LogP) is 2.87. The van der Waals surface area contributed by atoms with Crippen molar-refractivity contribution in [2.24, 2.45) is 0 Å². The minimum absolute atomic E-state index is 0.00322. The molecule has 0 aliphatic carbocycles. The summed E-state index contributed by atoms with van der Waals surface area (Å²) in [7, 11) is 0. The first-order valence-corrected chi connectivity index (χ1v) is 8.62. The number of ether oxygens (including phenoxy) is 1. The highest BCUT2D eigenvalue weighted by atomic mass is 16.5. The number of rotatable bonds is 6. The summed E-state index contributed by atoms with van der Waals surface area (Å²) in [6, 6.07) is 12.2. The van der Waals surface area contributed by atoms with Crippen LogP contribution in [0.3, 0.4) is 0 Å². The Kier molecular flexibility index (Phi) is 4.63. The quantitative estimate of drug-likeness (QED) is 0.700. The lowest BCUT2D eigenvalue weighted by Crippen LogP contribution is -2.38. The van der Waals surface area contributed by atoms with Crippen molar-refractivity contribution in [1.29, 1.82) is 0 Å². The molecule has 6 nitrogen and oxygen atoms in total. The van der Waals surface area contributed by atoms with Gasteiger partial charge in [-0.1, -0.05) is 35.5 Å². The van der Waals surface area contributed by atoms with Crippen molar-refractivity contribution in [2.75, 3.05) is 19.7 Å². The van der Waals surface area contributed by atoms with Gasteiger partial charge in [0.1, 0.15) is 6.04 Å². The maximum Gasteiger partial charge on any atom is 0.160 e. The Hall–Kier alpha value is -2.44. The van der Waals surface area contributed by atoms with Gasteiger partial charge >= 0.3 is 0 Å². The van der Waals surface area contributed by atoms with Crippen molar-refractivity contribution in [2.45, 2.75) is 26.0 Å². The van der Waals surface area contributed by atoms with E-state index in [-0.39, 0.29) is 6.04 Å². The fourth-order valence-corrected chi connectivity index (χ4v) is 3.34. The van der Waals surface area contributed by atoms with Gasteiger partial charge in [0.15, 0.2) is 5.76 Å². The number of benzene rings is 1. The lowest BCUT2D eigenvalue weighted by Gasteiger charge is -2.33. The lowest BCUT2D eigenvalue weighted by atomic mass is 10.0. The standard InChI is InChI=1S/C19H22N4O2/c1-14-11-17(25-22-14)19-18-16(20-13-21-18)7-8-23(19)9-10-24-12-15-5-3-2-4-6-15/h2-6,11,13,19H,7-10,12H2,1H3,(H,20,21)/t19-/m1/s1. The van der Waals surface area contributed by atoms with E-state index in [1.165, 1.54) is 11.3 Å². The van der Waals surface area contributed by atoms with Crippen LogP contribution in [0.4, 0.5) is 0 Å². The van der Waals surface area contributed by atoms with Gasteiger partial charge in [0.2, 0.25) is 0 Å². The van der Waals surface area contributed by atoms with E-state index in [1.807, 2.05) is 31.2 Å². The average molecular weight is 338 g/mol. The number of H-pyrrole nitrogens is 1. The number of fused-ring (bicyclic) bond motifs is 1. The molecule has 4 rings (SSSR count). The number of nitrogens with one attached hydrogen (secondary N) is 1. The molecule has 0 unspecified atom stereocenters. The Morgan fingerprint density at radius 1 is 1.32 bits per heavy atom. The Labute approximate surface area is 146 Å². The molecule has 3 aromatic rings. The van der Waals surface area contributed by atoms with Gasteiger partial charge in [0.25, 0.3) is 0 Å². The average Bonchev–Trinajstić information content (AvgIpc) is 3.28. The summed E-state index contributed by atoms with van der Waals surface area (Å²) in [5.74, 6) is 0.841. The molecule has 0 fully saturated rings. The summed E-state index contributed by atoms with van der Waals surface area (Å²) in [6.07, 6.45) is 2.72. The molecule has 1 aliphatic rings. The molecule has 3 heterocycles. The molecule has 1 aromatic carbocycles. The largest absolute Gasteiger partial charge is 0.375 e. The fraction of sp³-hybridized carbons (Fsp3) is 0.368. The molecule has 0 bridgehead atoms. The zero-order valence-corrected chi connectivity index (χ0v) is 14.3. The number of nitrogens with zero attached hydrogens (tertiary/aromatic N) is 3. The third-order valence-electron chi connectivity index (χ3n) is 4.57. The van der Waals surface area contributed by atoms with Gasteiger partial charge in [-0.2, -0.15) is 0 Å². The van der Waals surface area contributed by atoms with E-state index in [9.17, 15) is 0 Å². The van der Waals surface area contributed by atoms with E-state index in [0.29, 0.717) is 13.2 Å². The summed E-state index contributed by atoms with van der Waals surface area (Å²) in [6.45, 7) is 5.00. The molecular weight excluding hydrogens is 316 g/mol. The van der Waals surface area contributed by atoms with Crippen molar-refractivity contribution in [3.63, 3.8) is 0 Å². The van der Waals surface area contributed by atoms with E-state index in [4.69, 9.17) is 9.26 Å². The highest BCUT2D eigenvalue weighted by Gasteiger charge is 2.33. The third kappa shape index (κ3) is 3.50. The predicted molar refractivity (Wildman–Crippen MR) is 93.0 cm³/mol. The van der Waals surface area contributed by atoms with Crippen molar-refractivity contribution < 1.29 is 9.26 Å². The second-order valence-electron chi connectivity index (χ2n) is 6.36. The van der Waals surface area contributed by atoms with Crippen LogP contribution in [0, 0.1) is 6.92 Å². The van der Waals surface area contributed by atoms with E-state index in [0.717, 1.165) is 36.7 Å². The van der Waals surface area contributed by atoms with Gasteiger partial charge < -0.3 is 14.2 Å².